The number of aromatic nitrogens is 2. The van der Waals surface area contributed by atoms with E-state index in [0.29, 0.717) is 32.5 Å². The summed E-state index contributed by atoms with van der Waals surface area (Å²) in [6.07, 6.45) is 5.46. The van der Waals surface area contributed by atoms with Crippen molar-refractivity contribution >= 4 is 61.5 Å². The number of anilines is 1. The number of amides is 1. The molecule has 10 heteroatoms. The molecule has 1 aliphatic rings. The third kappa shape index (κ3) is 4.32. The molecule has 3 aromatic heterocycles. The van der Waals surface area contributed by atoms with E-state index in [1.165, 1.54) is 46.1 Å². The Kier molecular flexibility index (Phi) is 6.59. The average Bonchev–Trinajstić information content (AvgIpc) is 3.38. The van der Waals surface area contributed by atoms with E-state index in [1.54, 1.807) is 12.1 Å². The monoisotopic (exact) mass is 475 g/mol. The fourth-order valence-corrected chi connectivity index (χ4v) is 6.47. The second-order valence-corrected chi connectivity index (χ2v) is 9.94. The summed E-state index contributed by atoms with van der Waals surface area (Å²) in [4.78, 5) is 43.5. The first kappa shape index (κ1) is 21.8. The number of thiophene rings is 2. The number of carbonyl (C=O) groups is 2. The van der Waals surface area contributed by atoms with Crippen LogP contribution in [0.3, 0.4) is 0 Å². The minimum absolute atomic E-state index is 0.0579. The molecule has 4 rings (SSSR count). The Hall–Kier alpha value is -2.43. The summed E-state index contributed by atoms with van der Waals surface area (Å²) in [5.74, 6) is -0.632. The number of hydrogen-bond acceptors (Lipinski definition) is 8. The number of rotatable bonds is 7. The molecule has 1 N–H and O–H groups in total. The molecule has 1 aliphatic carbocycles. The standard InChI is InChI=1S/C21H21N3O4S3/c1-3-9-24-19(26)17-13(8-10-29-17)22-21(24)30-11-15(25)23-18-16(20(27)28-2)12-6-4-5-7-14(12)31-18/h3,8,10H,1,4-7,9,11H2,2H3,(H,23,25). The fourth-order valence-electron chi connectivity index (χ4n) is 3.59. The summed E-state index contributed by atoms with van der Waals surface area (Å²) >= 11 is 3.98. The summed E-state index contributed by atoms with van der Waals surface area (Å²) < 4.78 is 7.06. The molecule has 0 saturated carbocycles. The lowest BCUT2D eigenvalue weighted by atomic mass is 9.95. The number of allylic oxidation sites excluding steroid dienone is 1. The molecule has 0 aliphatic heterocycles. The van der Waals surface area contributed by atoms with Crippen molar-refractivity contribution in [2.45, 2.75) is 37.4 Å². The number of carbonyl (C=O) groups excluding carboxylic acids is 2. The van der Waals surface area contributed by atoms with Crippen molar-refractivity contribution in [2.75, 3.05) is 18.2 Å². The smallest absolute Gasteiger partial charge is 0.341 e. The summed E-state index contributed by atoms with van der Waals surface area (Å²) in [6, 6.07) is 1.79. The minimum Gasteiger partial charge on any atom is -0.465 e. The van der Waals surface area contributed by atoms with E-state index < -0.39 is 5.97 Å². The van der Waals surface area contributed by atoms with Crippen LogP contribution in [-0.4, -0.2) is 34.3 Å². The molecule has 0 atom stereocenters. The number of fused-ring (bicyclic) bond motifs is 2. The Morgan fingerprint density at radius 1 is 1.39 bits per heavy atom. The van der Waals surface area contributed by atoms with Crippen molar-refractivity contribution in [3.63, 3.8) is 0 Å². The Balaban J connectivity index is 1.55. The highest BCUT2D eigenvalue weighted by Gasteiger charge is 2.27. The maximum atomic E-state index is 12.7. The Morgan fingerprint density at radius 3 is 2.97 bits per heavy atom. The third-order valence-corrected chi connectivity index (χ3v) is 8.06. The molecular formula is C21H21N3O4S3. The van der Waals surface area contributed by atoms with E-state index >= 15 is 0 Å². The van der Waals surface area contributed by atoms with Gasteiger partial charge >= 0.3 is 5.97 Å². The van der Waals surface area contributed by atoms with Gasteiger partial charge in [0.1, 0.15) is 9.70 Å². The van der Waals surface area contributed by atoms with Crippen molar-refractivity contribution in [3.8, 4) is 0 Å². The number of thioether (sulfide) groups is 1. The predicted molar refractivity (Wildman–Crippen MR) is 126 cm³/mol. The minimum atomic E-state index is -0.424. The number of nitrogens with one attached hydrogen (secondary N) is 1. The number of hydrogen-bond donors (Lipinski definition) is 1. The molecule has 3 aromatic rings. The zero-order valence-corrected chi connectivity index (χ0v) is 19.4. The summed E-state index contributed by atoms with van der Waals surface area (Å²) in [5.41, 5.74) is 1.95. The van der Waals surface area contributed by atoms with Crippen LogP contribution in [0.25, 0.3) is 10.2 Å². The molecule has 0 fully saturated rings. The first-order valence-corrected chi connectivity index (χ1v) is 12.5. The molecule has 7 nitrogen and oxygen atoms in total. The Bertz CT molecular complexity index is 1220. The number of aryl methyl sites for hydroxylation is 1. The van der Waals surface area contributed by atoms with Crippen LogP contribution in [0.2, 0.25) is 0 Å². The molecule has 0 aromatic carbocycles. The van der Waals surface area contributed by atoms with Gasteiger partial charge in [-0.1, -0.05) is 17.8 Å². The van der Waals surface area contributed by atoms with Gasteiger partial charge in [-0.25, -0.2) is 9.78 Å². The van der Waals surface area contributed by atoms with Gasteiger partial charge in [-0.2, -0.15) is 0 Å². The number of nitrogens with zero attached hydrogens (tertiary/aromatic N) is 2. The van der Waals surface area contributed by atoms with E-state index in [4.69, 9.17) is 4.74 Å². The first-order valence-electron chi connectivity index (χ1n) is 9.78. The molecule has 31 heavy (non-hydrogen) atoms. The van der Waals surface area contributed by atoms with Crippen molar-refractivity contribution < 1.29 is 14.3 Å². The van der Waals surface area contributed by atoms with Crippen LogP contribution in [0.15, 0.2) is 34.1 Å². The van der Waals surface area contributed by atoms with Crippen molar-refractivity contribution in [1.82, 2.24) is 9.55 Å². The molecule has 0 saturated heterocycles. The van der Waals surface area contributed by atoms with Gasteiger partial charge in [0.05, 0.1) is 23.9 Å². The quantitative estimate of drug-likeness (QED) is 0.239. The third-order valence-electron chi connectivity index (χ3n) is 4.99. The van der Waals surface area contributed by atoms with Gasteiger partial charge < -0.3 is 10.1 Å². The normalized spacial score (nSPS) is 13.1. The molecule has 0 radical (unpaired) electrons. The summed E-state index contributed by atoms with van der Waals surface area (Å²) in [7, 11) is 1.35. The molecule has 3 heterocycles. The van der Waals surface area contributed by atoms with Gasteiger partial charge in [-0.15, -0.1) is 29.3 Å². The fraction of sp³-hybridized carbons (Fsp3) is 0.333. The van der Waals surface area contributed by atoms with Gasteiger partial charge in [0.15, 0.2) is 5.16 Å². The van der Waals surface area contributed by atoms with Crippen molar-refractivity contribution in [3.05, 3.63) is 50.5 Å². The lowest BCUT2D eigenvalue weighted by molar-refractivity contribution is -0.113. The van der Waals surface area contributed by atoms with Crippen LogP contribution in [0.5, 0.6) is 0 Å². The van der Waals surface area contributed by atoms with E-state index in [1.807, 2.05) is 5.38 Å². The highest BCUT2D eigenvalue weighted by molar-refractivity contribution is 7.99. The van der Waals surface area contributed by atoms with Gasteiger partial charge in [0.2, 0.25) is 5.91 Å². The van der Waals surface area contributed by atoms with E-state index in [2.05, 4.69) is 16.9 Å². The number of ether oxygens (including phenoxy) is 1. The topological polar surface area (TPSA) is 90.3 Å². The summed E-state index contributed by atoms with van der Waals surface area (Å²) in [6.45, 7) is 4.02. The second kappa shape index (κ2) is 9.37. The highest BCUT2D eigenvalue weighted by Crippen LogP contribution is 2.38. The largest absolute Gasteiger partial charge is 0.465 e. The van der Waals surface area contributed by atoms with Crippen molar-refractivity contribution in [2.24, 2.45) is 0 Å². The molecule has 0 unspecified atom stereocenters. The number of esters is 1. The molecule has 162 valence electrons. The van der Waals surface area contributed by atoms with Crippen LogP contribution in [-0.2, 0) is 28.9 Å². The Labute approximate surface area is 191 Å². The predicted octanol–water partition coefficient (Wildman–Crippen LogP) is 4.10. The van der Waals surface area contributed by atoms with E-state index in [0.717, 1.165) is 36.1 Å². The highest BCUT2D eigenvalue weighted by atomic mass is 32.2. The van der Waals surface area contributed by atoms with Gasteiger partial charge in [-0.3, -0.25) is 14.2 Å². The maximum absolute atomic E-state index is 12.7. The van der Waals surface area contributed by atoms with Crippen LogP contribution in [0, 0.1) is 0 Å². The van der Waals surface area contributed by atoms with Crippen LogP contribution in [0.1, 0.15) is 33.6 Å². The number of methoxy groups -OCH3 is 1. The molecule has 0 bridgehead atoms. The van der Waals surface area contributed by atoms with Crippen molar-refractivity contribution in [1.29, 1.82) is 0 Å². The maximum Gasteiger partial charge on any atom is 0.341 e. The van der Waals surface area contributed by atoms with Gasteiger partial charge in [0.25, 0.3) is 5.56 Å². The SMILES string of the molecule is C=CCn1c(SCC(=O)Nc2sc3c(c2C(=O)OC)CCCC3)nc2ccsc2c1=O. The lowest BCUT2D eigenvalue weighted by Crippen LogP contribution is -2.23. The first-order chi connectivity index (χ1) is 15.0. The summed E-state index contributed by atoms with van der Waals surface area (Å²) in [5, 5.41) is 5.70. The molecular weight excluding hydrogens is 454 g/mol. The van der Waals surface area contributed by atoms with Gasteiger partial charge in [-0.05, 0) is 42.7 Å². The average molecular weight is 476 g/mol. The zero-order chi connectivity index (χ0) is 22.0. The van der Waals surface area contributed by atoms with E-state index in [-0.39, 0.29) is 17.2 Å². The lowest BCUT2D eigenvalue weighted by Gasteiger charge is -2.12. The second-order valence-electron chi connectivity index (χ2n) is 6.98. The molecule has 0 spiro atoms. The zero-order valence-electron chi connectivity index (χ0n) is 16.9. The van der Waals surface area contributed by atoms with Crippen LogP contribution in [0.4, 0.5) is 5.00 Å². The molecule has 1 amide bonds. The van der Waals surface area contributed by atoms with Gasteiger partial charge in [0, 0.05) is 11.4 Å². The van der Waals surface area contributed by atoms with Crippen LogP contribution < -0.4 is 10.9 Å². The van der Waals surface area contributed by atoms with E-state index in [9.17, 15) is 14.4 Å². The Morgan fingerprint density at radius 2 is 2.19 bits per heavy atom. The van der Waals surface area contributed by atoms with Crippen LogP contribution >= 0.6 is 34.4 Å².